The second-order valence-electron chi connectivity index (χ2n) is 6.68. The van der Waals surface area contributed by atoms with Gasteiger partial charge < -0.3 is 10.6 Å². The van der Waals surface area contributed by atoms with Crippen LogP contribution in [0.1, 0.15) is 61.6 Å². The lowest BCUT2D eigenvalue weighted by Gasteiger charge is -2.19. The van der Waals surface area contributed by atoms with Crippen LogP contribution < -0.4 is 10.6 Å². The number of halogens is 2. The van der Waals surface area contributed by atoms with Gasteiger partial charge in [-0.15, -0.1) is 36.2 Å². The molecule has 2 N–H and O–H groups in total. The van der Waals surface area contributed by atoms with Gasteiger partial charge in [-0.25, -0.2) is 4.98 Å². The molecule has 0 aromatic carbocycles. The molecule has 4 nitrogen and oxygen atoms in total. The van der Waals surface area contributed by atoms with Gasteiger partial charge in [-0.2, -0.15) is 0 Å². The van der Waals surface area contributed by atoms with Crippen LogP contribution in [0.25, 0.3) is 0 Å². The number of amides is 1. The molecule has 1 amide bonds. The summed E-state index contributed by atoms with van der Waals surface area (Å²) < 4.78 is 0. The molecular formula is C17H29Cl2N3OS. The van der Waals surface area contributed by atoms with E-state index in [4.69, 9.17) is 4.98 Å². The normalized spacial score (nSPS) is 17.7. The van der Waals surface area contributed by atoms with Crippen molar-refractivity contribution in [3.8, 4) is 0 Å². The van der Waals surface area contributed by atoms with Gasteiger partial charge in [0.1, 0.15) is 0 Å². The molecule has 0 spiro atoms. The largest absolute Gasteiger partial charge is 0.355 e. The van der Waals surface area contributed by atoms with Crippen LogP contribution in [0.2, 0.25) is 0 Å². The van der Waals surface area contributed by atoms with Crippen molar-refractivity contribution < 1.29 is 4.79 Å². The maximum absolute atomic E-state index is 11.7. The van der Waals surface area contributed by atoms with Crippen LogP contribution in [0.15, 0.2) is 5.38 Å². The standard InChI is InChI=1S/C17H27N3OS.2ClH/c21-16(11-18-10-13-6-7-13)19-9-8-17-20-15(12-22-17)14-4-2-1-3-5-14;;/h12-14,18H,1-11H2,(H,19,21);2*1H. The zero-order valence-corrected chi connectivity index (χ0v) is 16.5. The molecule has 138 valence electrons. The first-order chi connectivity index (χ1) is 10.8. The van der Waals surface area contributed by atoms with Crippen LogP contribution in [-0.2, 0) is 11.2 Å². The first-order valence-electron chi connectivity index (χ1n) is 8.73. The molecule has 2 fully saturated rings. The highest BCUT2D eigenvalue weighted by Crippen LogP contribution is 2.33. The monoisotopic (exact) mass is 393 g/mol. The maximum atomic E-state index is 11.7. The molecule has 1 heterocycles. The number of thiazole rings is 1. The van der Waals surface area contributed by atoms with E-state index in [2.05, 4.69) is 16.0 Å². The Morgan fingerprint density at radius 2 is 1.92 bits per heavy atom. The van der Waals surface area contributed by atoms with E-state index in [0.29, 0.717) is 19.0 Å². The molecular weight excluding hydrogens is 365 g/mol. The van der Waals surface area contributed by atoms with Gasteiger partial charge in [0.05, 0.1) is 17.2 Å². The van der Waals surface area contributed by atoms with Gasteiger partial charge in [0.2, 0.25) is 5.91 Å². The molecule has 0 atom stereocenters. The third kappa shape index (κ3) is 7.26. The minimum atomic E-state index is 0. The molecule has 2 saturated carbocycles. The second kappa shape index (κ2) is 11.3. The van der Waals surface area contributed by atoms with Gasteiger partial charge in [-0.1, -0.05) is 19.3 Å². The van der Waals surface area contributed by atoms with Crippen LogP contribution in [-0.4, -0.2) is 30.5 Å². The van der Waals surface area contributed by atoms with Crippen molar-refractivity contribution in [2.24, 2.45) is 5.92 Å². The van der Waals surface area contributed by atoms with Gasteiger partial charge in [0.15, 0.2) is 0 Å². The Labute approximate surface area is 161 Å². The number of nitrogens with one attached hydrogen (secondary N) is 2. The lowest BCUT2D eigenvalue weighted by Crippen LogP contribution is -2.35. The van der Waals surface area contributed by atoms with Crippen molar-refractivity contribution in [1.82, 2.24) is 15.6 Å². The summed E-state index contributed by atoms with van der Waals surface area (Å²) in [6.07, 6.45) is 10.2. The van der Waals surface area contributed by atoms with E-state index in [1.54, 1.807) is 11.3 Å². The molecule has 0 bridgehead atoms. The van der Waals surface area contributed by atoms with E-state index in [1.165, 1.54) is 50.6 Å². The van der Waals surface area contributed by atoms with Crippen LogP contribution in [0.3, 0.4) is 0 Å². The summed E-state index contributed by atoms with van der Waals surface area (Å²) in [7, 11) is 0. The SMILES string of the molecule is Cl.Cl.O=C(CNCC1CC1)NCCc1nc(C2CCCCC2)cs1. The number of carbonyl (C=O) groups is 1. The predicted molar refractivity (Wildman–Crippen MR) is 105 cm³/mol. The lowest BCUT2D eigenvalue weighted by molar-refractivity contribution is -0.120. The molecule has 0 unspecified atom stereocenters. The van der Waals surface area contributed by atoms with Crippen LogP contribution in [0, 0.1) is 5.92 Å². The quantitative estimate of drug-likeness (QED) is 0.707. The molecule has 1 aromatic heterocycles. The average molecular weight is 394 g/mol. The summed E-state index contributed by atoms with van der Waals surface area (Å²) in [5, 5.41) is 9.58. The minimum absolute atomic E-state index is 0. The van der Waals surface area contributed by atoms with Gasteiger partial charge in [-0.3, -0.25) is 4.79 Å². The van der Waals surface area contributed by atoms with E-state index in [1.807, 2.05) is 0 Å². The zero-order valence-electron chi connectivity index (χ0n) is 14.1. The van der Waals surface area contributed by atoms with E-state index >= 15 is 0 Å². The van der Waals surface area contributed by atoms with Crippen molar-refractivity contribution >= 4 is 42.1 Å². The Hall–Kier alpha value is -0.360. The van der Waals surface area contributed by atoms with E-state index in [9.17, 15) is 4.79 Å². The molecule has 0 saturated heterocycles. The topological polar surface area (TPSA) is 54.0 Å². The van der Waals surface area contributed by atoms with Gasteiger partial charge in [0.25, 0.3) is 0 Å². The summed E-state index contributed by atoms with van der Waals surface area (Å²) in [5.74, 6) is 1.60. The molecule has 2 aliphatic carbocycles. The fourth-order valence-corrected chi connectivity index (χ4v) is 3.99. The van der Waals surface area contributed by atoms with E-state index in [0.717, 1.165) is 23.9 Å². The van der Waals surface area contributed by atoms with Gasteiger partial charge in [0, 0.05) is 24.3 Å². The van der Waals surface area contributed by atoms with E-state index in [-0.39, 0.29) is 30.7 Å². The Morgan fingerprint density at radius 1 is 1.17 bits per heavy atom. The molecule has 1 aromatic rings. The van der Waals surface area contributed by atoms with Crippen molar-refractivity contribution in [2.75, 3.05) is 19.6 Å². The smallest absolute Gasteiger partial charge is 0.233 e. The summed E-state index contributed by atoms with van der Waals surface area (Å²) in [6, 6.07) is 0. The highest BCUT2D eigenvalue weighted by atomic mass is 35.5. The van der Waals surface area contributed by atoms with Crippen LogP contribution >= 0.6 is 36.2 Å². The van der Waals surface area contributed by atoms with Crippen molar-refractivity contribution in [1.29, 1.82) is 0 Å². The highest BCUT2D eigenvalue weighted by Gasteiger charge is 2.20. The Morgan fingerprint density at radius 3 is 2.62 bits per heavy atom. The molecule has 0 aliphatic heterocycles. The number of hydrogen-bond donors (Lipinski definition) is 2. The number of hydrogen-bond acceptors (Lipinski definition) is 4. The second-order valence-corrected chi connectivity index (χ2v) is 7.62. The number of rotatable bonds is 8. The number of aromatic nitrogens is 1. The average Bonchev–Trinajstić information content (AvgIpc) is 3.24. The highest BCUT2D eigenvalue weighted by molar-refractivity contribution is 7.09. The minimum Gasteiger partial charge on any atom is -0.355 e. The fourth-order valence-electron chi connectivity index (χ4n) is 3.11. The summed E-state index contributed by atoms with van der Waals surface area (Å²) >= 11 is 1.75. The Kier molecular flexibility index (Phi) is 10.2. The van der Waals surface area contributed by atoms with Crippen molar-refractivity contribution in [3.63, 3.8) is 0 Å². The molecule has 7 heteroatoms. The molecule has 0 radical (unpaired) electrons. The third-order valence-electron chi connectivity index (χ3n) is 4.67. The number of carbonyl (C=O) groups excluding carboxylic acids is 1. The Bertz CT molecular complexity index is 488. The molecule has 3 rings (SSSR count). The molecule has 2 aliphatic rings. The van der Waals surface area contributed by atoms with Gasteiger partial charge in [-0.05, 0) is 38.1 Å². The predicted octanol–water partition coefficient (Wildman–Crippen LogP) is 3.69. The first-order valence-corrected chi connectivity index (χ1v) is 9.61. The van der Waals surface area contributed by atoms with Crippen LogP contribution in [0.4, 0.5) is 0 Å². The van der Waals surface area contributed by atoms with Crippen molar-refractivity contribution in [3.05, 3.63) is 16.1 Å². The first kappa shape index (κ1) is 21.7. The summed E-state index contributed by atoms with van der Waals surface area (Å²) in [6.45, 7) is 2.13. The van der Waals surface area contributed by atoms with Gasteiger partial charge >= 0.3 is 0 Å². The van der Waals surface area contributed by atoms with Crippen LogP contribution in [0.5, 0.6) is 0 Å². The summed E-state index contributed by atoms with van der Waals surface area (Å²) in [5.41, 5.74) is 1.29. The lowest BCUT2D eigenvalue weighted by atomic mass is 9.87. The Balaban J connectivity index is 0.00000144. The third-order valence-corrected chi connectivity index (χ3v) is 5.60. The fraction of sp³-hybridized carbons (Fsp3) is 0.765. The maximum Gasteiger partial charge on any atom is 0.233 e. The van der Waals surface area contributed by atoms with Crippen molar-refractivity contribution in [2.45, 2.75) is 57.3 Å². The summed E-state index contributed by atoms with van der Waals surface area (Å²) in [4.78, 5) is 16.5. The number of nitrogens with zero attached hydrogens (tertiary/aromatic N) is 1. The zero-order chi connectivity index (χ0) is 15.2. The molecule has 24 heavy (non-hydrogen) atoms. The van der Waals surface area contributed by atoms with E-state index < -0.39 is 0 Å².